The summed E-state index contributed by atoms with van der Waals surface area (Å²) in [5, 5.41) is 11.7. The molecule has 0 aliphatic rings. The summed E-state index contributed by atoms with van der Waals surface area (Å²) in [7, 11) is 0. The summed E-state index contributed by atoms with van der Waals surface area (Å²) in [6.45, 7) is 1.33. The molecule has 1 heterocycles. The summed E-state index contributed by atoms with van der Waals surface area (Å²) in [4.78, 5) is 27.7. The Morgan fingerprint density at radius 2 is 1.72 bits per heavy atom. The summed E-state index contributed by atoms with van der Waals surface area (Å²) >= 11 is 5.82. The maximum atomic E-state index is 12.7. The number of carbonyl (C=O) groups excluding carboxylic acids is 2. The van der Waals surface area contributed by atoms with Gasteiger partial charge in [0.25, 0.3) is 5.91 Å². The Bertz CT molecular complexity index is 1190. The molecule has 0 aliphatic carbocycles. The molecular weight excluding hydrogens is 505 g/mol. The number of nitrogens with zero attached hydrogens (tertiary/aromatic N) is 1. The number of rotatable bonds is 9. The Kier molecular flexibility index (Phi) is 8.73. The van der Waals surface area contributed by atoms with Crippen LogP contribution in [0.4, 0.5) is 13.2 Å². The van der Waals surface area contributed by atoms with Crippen molar-refractivity contribution in [3.8, 4) is 17.4 Å². The van der Waals surface area contributed by atoms with Crippen molar-refractivity contribution in [3.05, 3.63) is 83.0 Å². The third-order valence-electron chi connectivity index (χ3n) is 4.58. The van der Waals surface area contributed by atoms with Gasteiger partial charge in [0, 0.05) is 6.20 Å². The maximum Gasteiger partial charge on any atom is 0.417 e. The van der Waals surface area contributed by atoms with Gasteiger partial charge >= 0.3 is 12.1 Å². The number of ether oxygens (including phenoxy) is 3. The highest BCUT2D eigenvalue weighted by Crippen LogP contribution is 2.34. The molecule has 0 saturated carbocycles. The third-order valence-corrected chi connectivity index (χ3v) is 4.85. The Balaban J connectivity index is 1.50. The van der Waals surface area contributed by atoms with Gasteiger partial charge in [0.15, 0.2) is 6.10 Å². The number of halogens is 4. The molecule has 2 N–H and O–H groups in total. The van der Waals surface area contributed by atoms with Gasteiger partial charge in [0.1, 0.15) is 23.1 Å². The van der Waals surface area contributed by atoms with Crippen molar-refractivity contribution in [2.24, 2.45) is 0 Å². The van der Waals surface area contributed by atoms with Gasteiger partial charge in [-0.1, -0.05) is 41.9 Å². The molecule has 36 heavy (non-hydrogen) atoms. The Hall–Kier alpha value is -3.83. The average Bonchev–Trinajstić information content (AvgIpc) is 2.84. The molecule has 2 atom stereocenters. The topological polar surface area (TPSA) is 107 Å². The lowest BCUT2D eigenvalue weighted by molar-refractivity contribution is -0.159. The zero-order chi connectivity index (χ0) is 26.3. The number of pyridine rings is 1. The van der Waals surface area contributed by atoms with Crippen LogP contribution in [0.2, 0.25) is 5.02 Å². The summed E-state index contributed by atoms with van der Waals surface area (Å²) < 4.78 is 54.0. The van der Waals surface area contributed by atoms with Crippen LogP contribution in [0.1, 0.15) is 18.1 Å². The van der Waals surface area contributed by atoms with Crippen molar-refractivity contribution in [1.82, 2.24) is 10.3 Å². The number of hydrogen-bond donors (Lipinski definition) is 2. The van der Waals surface area contributed by atoms with Gasteiger partial charge < -0.3 is 24.6 Å². The van der Waals surface area contributed by atoms with Crippen molar-refractivity contribution >= 4 is 23.5 Å². The molecule has 0 bridgehead atoms. The number of alkyl halides is 3. The normalized spacial score (nSPS) is 12.8. The van der Waals surface area contributed by atoms with Crippen molar-refractivity contribution < 1.29 is 42.1 Å². The molecule has 0 saturated heterocycles. The van der Waals surface area contributed by atoms with Crippen LogP contribution in [-0.2, 0) is 27.1 Å². The number of aliphatic hydroxyl groups is 1. The first-order chi connectivity index (χ1) is 17.0. The van der Waals surface area contributed by atoms with Crippen molar-refractivity contribution in [1.29, 1.82) is 0 Å². The quantitative estimate of drug-likeness (QED) is 0.314. The largest absolute Gasteiger partial charge is 0.481 e. The smallest absolute Gasteiger partial charge is 0.417 e. The predicted octanol–water partition coefficient (Wildman–Crippen LogP) is 4.49. The molecule has 1 aromatic heterocycles. The van der Waals surface area contributed by atoms with E-state index in [1.807, 2.05) is 0 Å². The van der Waals surface area contributed by atoms with Crippen LogP contribution in [0.3, 0.4) is 0 Å². The van der Waals surface area contributed by atoms with E-state index in [4.69, 9.17) is 25.8 Å². The number of hydrogen-bond acceptors (Lipinski definition) is 7. The van der Waals surface area contributed by atoms with Crippen LogP contribution in [0.15, 0.2) is 66.9 Å². The lowest BCUT2D eigenvalue weighted by Crippen LogP contribution is -2.46. The second-order valence-corrected chi connectivity index (χ2v) is 7.75. The minimum Gasteiger partial charge on any atom is -0.481 e. The van der Waals surface area contributed by atoms with Crippen molar-refractivity contribution in [2.45, 2.75) is 32.0 Å². The van der Waals surface area contributed by atoms with Gasteiger partial charge in [-0.2, -0.15) is 13.2 Å². The first-order valence-corrected chi connectivity index (χ1v) is 10.8. The first kappa shape index (κ1) is 26.8. The zero-order valence-electron chi connectivity index (χ0n) is 18.7. The molecule has 0 spiro atoms. The molecule has 12 heteroatoms. The van der Waals surface area contributed by atoms with E-state index in [0.717, 1.165) is 0 Å². The highest BCUT2D eigenvalue weighted by atomic mass is 35.5. The Labute approximate surface area is 208 Å². The van der Waals surface area contributed by atoms with Crippen LogP contribution in [-0.4, -0.2) is 34.3 Å². The van der Waals surface area contributed by atoms with Crippen LogP contribution in [0.25, 0.3) is 0 Å². The average molecular weight is 525 g/mol. The van der Waals surface area contributed by atoms with Gasteiger partial charge in [-0.05, 0) is 42.8 Å². The minimum atomic E-state index is -4.59. The molecule has 2 unspecified atom stereocenters. The molecule has 3 aromatic rings. The van der Waals surface area contributed by atoms with E-state index in [0.29, 0.717) is 17.8 Å². The number of aromatic nitrogens is 1. The first-order valence-electron chi connectivity index (χ1n) is 10.4. The van der Waals surface area contributed by atoms with Gasteiger partial charge in [-0.3, -0.25) is 4.79 Å². The predicted molar refractivity (Wildman–Crippen MR) is 121 cm³/mol. The molecule has 1 amide bonds. The van der Waals surface area contributed by atoms with Crippen LogP contribution < -0.4 is 14.8 Å². The zero-order valence-corrected chi connectivity index (χ0v) is 19.4. The van der Waals surface area contributed by atoms with E-state index in [9.17, 15) is 27.9 Å². The number of esters is 1. The van der Waals surface area contributed by atoms with Crippen LogP contribution in [0.5, 0.6) is 17.4 Å². The van der Waals surface area contributed by atoms with Crippen LogP contribution in [0, 0.1) is 0 Å². The molecule has 3 rings (SSSR count). The highest BCUT2D eigenvalue weighted by Gasteiger charge is 2.32. The lowest BCUT2D eigenvalue weighted by atomic mass is 10.2. The molecule has 2 aromatic carbocycles. The van der Waals surface area contributed by atoms with E-state index >= 15 is 0 Å². The highest BCUT2D eigenvalue weighted by molar-refractivity contribution is 6.31. The second kappa shape index (κ2) is 11.7. The fourth-order valence-electron chi connectivity index (χ4n) is 2.73. The van der Waals surface area contributed by atoms with E-state index in [1.165, 1.54) is 31.2 Å². The summed E-state index contributed by atoms with van der Waals surface area (Å²) in [6.07, 6.45) is -6.97. The molecular formula is C24H20ClF3N2O6. The fourth-order valence-corrected chi connectivity index (χ4v) is 2.93. The van der Waals surface area contributed by atoms with E-state index in [-0.39, 0.29) is 29.0 Å². The number of benzene rings is 2. The van der Waals surface area contributed by atoms with Gasteiger partial charge in [0.2, 0.25) is 12.1 Å². The van der Waals surface area contributed by atoms with Gasteiger partial charge in [-0.25, -0.2) is 9.78 Å². The van der Waals surface area contributed by atoms with E-state index < -0.39 is 35.9 Å². The molecule has 0 radical (unpaired) electrons. The van der Waals surface area contributed by atoms with Gasteiger partial charge in [0.05, 0.1) is 5.56 Å². The fraction of sp³-hybridized carbons (Fsp3) is 0.208. The molecule has 0 aliphatic heterocycles. The lowest BCUT2D eigenvalue weighted by Gasteiger charge is -2.17. The number of aliphatic hydroxyl groups excluding tert-OH is 1. The maximum absolute atomic E-state index is 12.7. The Morgan fingerprint density at radius 1 is 1.08 bits per heavy atom. The molecule has 8 nitrogen and oxygen atoms in total. The van der Waals surface area contributed by atoms with Gasteiger partial charge in [-0.15, -0.1) is 0 Å². The second-order valence-electron chi connectivity index (χ2n) is 7.35. The van der Waals surface area contributed by atoms with Crippen LogP contribution >= 0.6 is 11.6 Å². The van der Waals surface area contributed by atoms with E-state index in [1.54, 1.807) is 30.3 Å². The van der Waals surface area contributed by atoms with Crippen molar-refractivity contribution in [3.63, 3.8) is 0 Å². The number of amides is 1. The standard InChI is InChI=1S/C24H20ClF3N2O6/c1-14(20(31)30-21(32)23(33)34-13-15-5-3-2-4-6-15)35-17-7-9-18(10-8-17)36-22-19(25)11-16(12-29-22)24(26,27)28/h2-12,14,21,32H,13H2,1H3,(H,30,31). The number of nitrogens with one attached hydrogen (secondary N) is 1. The third kappa shape index (κ3) is 7.59. The monoisotopic (exact) mass is 524 g/mol. The molecule has 190 valence electrons. The minimum absolute atomic E-state index is 0.0692. The summed E-state index contributed by atoms with van der Waals surface area (Å²) in [5.74, 6) is -1.60. The van der Waals surface area contributed by atoms with E-state index in [2.05, 4.69) is 10.3 Å². The van der Waals surface area contributed by atoms with Crippen molar-refractivity contribution in [2.75, 3.05) is 0 Å². The SMILES string of the molecule is CC(Oc1ccc(Oc2ncc(C(F)(F)F)cc2Cl)cc1)C(=O)NC(O)C(=O)OCc1ccccc1. The summed E-state index contributed by atoms with van der Waals surface area (Å²) in [6, 6.07) is 15.2. The number of carbonyl (C=O) groups is 2. The molecule has 0 fully saturated rings. The Morgan fingerprint density at radius 3 is 2.33 bits per heavy atom. The summed E-state index contributed by atoms with van der Waals surface area (Å²) in [5.41, 5.74) is -0.296.